The molecule has 0 aliphatic carbocycles. The Morgan fingerprint density at radius 1 is 0.963 bits per heavy atom. The Hall–Kier alpha value is -2.22. The molecule has 1 N–H and O–H groups in total. The lowest BCUT2D eigenvalue weighted by atomic mass is 9.93. The molecule has 27 heavy (non-hydrogen) atoms. The highest BCUT2D eigenvalue weighted by Gasteiger charge is 2.33. The number of hydrogen-bond donors (Lipinski definition) is 1. The van der Waals surface area contributed by atoms with Crippen molar-refractivity contribution >= 4 is 17.4 Å². The summed E-state index contributed by atoms with van der Waals surface area (Å²) in [6.45, 7) is 4.85. The zero-order valence-corrected chi connectivity index (χ0v) is 15.7. The summed E-state index contributed by atoms with van der Waals surface area (Å²) in [5.74, 6) is 2.55. The van der Waals surface area contributed by atoms with Gasteiger partial charge in [0.2, 0.25) is 5.91 Å². The fourth-order valence-electron chi connectivity index (χ4n) is 4.74. The molecule has 3 fully saturated rings. The predicted molar refractivity (Wildman–Crippen MR) is 102 cm³/mol. The number of piperidine rings is 2. The number of amides is 1. The van der Waals surface area contributed by atoms with Gasteiger partial charge in [-0.05, 0) is 63.7 Å². The zero-order valence-electron chi connectivity index (χ0n) is 15.7. The minimum Gasteiger partial charge on any atom is -0.355 e. The first-order valence-corrected chi connectivity index (χ1v) is 10.3. The molecule has 0 radical (unpaired) electrons. The summed E-state index contributed by atoms with van der Waals surface area (Å²) < 4.78 is 1.95. The van der Waals surface area contributed by atoms with Gasteiger partial charge < -0.3 is 10.2 Å². The van der Waals surface area contributed by atoms with Crippen LogP contribution >= 0.6 is 0 Å². The van der Waals surface area contributed by atoms with E-state index >= 15 is 0 Å². The Kier molecular flexibility index (Phi) is 4.43. The van der Waals surface area contributed by atoms with Crippen molar-refractivity contribution in [1.82, 2.24) is 30.0 Å². The Balaban J connectivity index is 1.32. The van der Waals surface area contributed by atoms with E-state index in [1.165, 1.54) is 12.8 Å². The Bertz CT molecular complexity index is 821. The van der Waals surface area contributed by atoms with Gasteiger partial charge in [-0.1, -0.05) is 0 Å². The highest BCUT2D eigenvalue weighted by molar-refractivity contribution is 5.82. The number of rotatable bonds is 3. The van der Waals surface area contributed by atoms with Crippen LogP contribution in [0.3, 0.4) is 0 Å². The highest BCUT2D eigenvalue weighted by atomic mass is 16.2. The van der Waals surface area contributed by atoms with Crippen LogP contribution in [0.1, 0.15) is 50.3 Å². The van der Waals surface area contributed by atoms with Crippen LogP contribution in [0.2, 0.25) is 0 Å². The summed E-state index contributed by atoms with van der Waals surface area (Å²) in [7, 11) is 0. The van der Waals surface area contributed by atoms with E-state index in [2.05, 4.69) is 31.4 Å². The SMILES string of the molecule is O=C1NCCCC1N1CCC(c2nnc3ccc(N4CCCC4)nn23)CC1. The van der Waals surface area contributed by atoms with Gasteiger partial charge in [0.15, 0.2) is 11.5 Å². The molecular weight excluding hydrogens is 342 g/mol. The summed E-state index contributed by atoms with van der Waals surface area (Å²) >= 11 is 0. The maximum absolute atomic E-state index is 12.1. The second-order valence-corrected chi connectivity index (χ2v) is 7.97. The van der Waals surface area contributed by atoms with Crippen LogP contribution in [0.25, 0.3) is 5.65 Å². The molecule has 3 aliphatic heterocycles. The lowest BCUT2D eigenvalue weighted by Crippen LogP contribution is -2.52. The van der Waals surface area contributed by atoms with Crippen LogP contribution in [-0.2, 0) is 4.79 Å². The topological polar surface area (TPSA) is 78.7 Å². The van der Waals surface area contributed by atoms with E-state index in [0.29, 0.717) is 5.92 Å². The van der Waals surface area contributed by atoms with E-state index in [1.54, 1.807) is 0 Å². The molecule has 1 unspecified atom stereocenters. The molecule has 2 aromatic heterocycles. The Labute approximate surface area is 158 Å². The standard InChI is InChI=1S/C19H27N7O/c27-19-15(4-3-9-20-19)24-12-7-14(8-13-24)18-22-21-16-5-6-17(23-26(16)18)25-10-1-2-11-25/h5-6,14-15H,1-4,7-13H2,(H,20,27). The van der Waals surface area contributed by atoms with Crippen LogP contribution in [-0.4, -0.2) is 69.4 Å². The third-order valence-corrected chi connectivity index (χ3v) is 6.29. The van der Waals surface area contributed by atoms with Crippen LogP contribution in [0.4, 0.5) is 5.82 Å². The number of anilines is 1. The second-order valence-electron chi connectivity index (χ2n) is 7.97. The van der Waals surface area contributed by atoms with Crippen LogP contribution in [0, 0.1) is 0 Å². The predicted octanol–water partition coefficient (Wildman–Crippen LogP) is 1.18. The van der Waals surface area contributed by atoms with E-state index in [4.69, 9.17) is 5.10 Å². The van der Waals surface area contributed by atoms with Crippen molar-refractivity contribution in [2.75, 3.05) is 37.6 Å². The molecular formula is C19H27N7O. The van der Waals surface area contributed by atoms with Crippen LogP contribution in [0.15, 0.2) is 12.1 Å². The molecule has 1 amide bonds. The number of fused-ring (bicyclic) bond motifs is 1. The molecule has 3 saturated heterocycles. The fraction of sp³-hybridized carbons (Fsp3) is 0.684. The molecule has 5 heterocycles. The normalized spacial score (nSPS) is 25.3. The first kappa shape index (κ1) is 16.9. The summed E-state index contributed by atoms with van der Waals surface area (Å²) in [5, 5.41) is 16.7. The molecule has 0 bridgehead atoms. The average Bonchev–Trinajstić information content (AvgIpc) is 3.38. The van der Waals surface area contributed by atoms with Crippen molar-refractivity contribution in [2.24, 2.45) is 0 Å². The maximum Gasteiger partial charge on any atom is 0.237 e. The largest absolute Gasteiger partial charge is 0.355 e. The molecule has 0 aromatic carbocycles. The minimum atomic E-state index is 0.0507. The Morgan fingerprint density at radius 3 is 2.56 bits per heavy atom. The van der Waals surface area contributed by atoms with Gasteiger partial charge in [0.1, 0.15) is 5.82 Å². The number of nitrogens with one attached hydrogen (secondary N) is 1. The molecule has 5 rings (SSSR count). The molecule has 3 aliphatic rings. The van der Waals surface area contributed by atoms with Crippen molar-refractivity contribution in [2.45, 2.75) is 50.5 Å². The number of nitrogens with zero attached hydrogens (tertiary/aromatic N) is 6. The van der Waals surface area contributed by atoms with E-state index in [0.717, 1.165) is 75.7 Å². The van der Waals surface area contributed by atoms with Gasteiger partial charge in [0.05, 0.1) is 6.04 Å². The summed E-state index contributed by atoms with van der Waals surface area (Å²) in [6.07, 6.45) is 6.53. The lowest BCUT2D eigenvalue weighted by Gasteiger charge is -2.37. The van der Waals surface area contributed by atoms with Gasteiger partial charge in [-0.25, -0.2) is 0 Å². The first-order chi connectivity index (χ1) is 13.3. The number of hydrogen-bond acceptors (Lipinski definition) is 6. The van der Waals surface area contributed by atoms with Gasteiger partial charge in [-0.2, -0.15) is 4.52 Å². The summed E-state index contributed by atoms with van der Waals surface area (Å²) in [6, 6.07) is 4.14. The van der Waals surface area contributed by atoms with E-state index < -0.39 is 0 Å². The molecule has 144 valence electrons. The van der Waals surface area contributed by atoms with E-state index in [-0.39, 0.29) is 11.9 Å². The second kappa shape index (κ2) is 7.07. The number of carbonyl (C=O) groups excluding carboxylic acids is 1. The van der Waals surface area contributed by atoms with Gasteiger partial charge in [-0.15, -0.1) is 15.3 Å². The maximum atomic E-state index is 12.1. The van der Waals surface area contributed by atoms with Crippen LogP contribution in [0.5, 0.6) is 0 Å². The van der Waals surface area contributed by atoms with Crippen molar-refractivity contribution in [3.05, 3.63) is 18.0 Å². The zero-order chi connectivity index (χ0) is 18.2. The van der Waals surface area contributed by atoms with Gasteiger partial charge in [0, 0.05) is 25.6 Å². The fourth-order valence-corrected chi connectivity index (χ4v) is 4.74. The third-order valence-electron chi connectivity index (χ3n) is 6.29. The van der Waals surface area contributed by atoms with Crippen molar-refractivity contribution in [3.8, 4) is 0 Å². The van der Waals surface area contributed by atoms with Crippen molar-refractivity contribution < 1.29 is 4.79 Å². The molecule has 0 saturated carbocycles. The lowest BCUT2D eigenvalue weighted by molar-refractivity contribution is -0.128. The number of likely N-dealkylation sites (tertiary alicyclic amines) is 1. The molecule has 0 spiro atoms. The van der Waals surface area contributed by atoms with Gasteiger partial charge in [-0.3, -0.25) is 9.69 Å². The van der Waals surface area contributed by atoms with E-state index in [9.17, 15) is 4.79 Å². The Morgan fingerprint density at radius 2 is 1.78 bits per heavy atom. The minimum absolute atomic E-state index is 0.0507. The van der Waals surface area contributed by atoms with Crippen molar-refractivity contribution in [3.63, 3.8) is 0 Å². The van der Waals surface area contributed by atoms with E-state index in [1.807, 2.05) is 10.6 Å². The molecule has 2 aromatic rings. The smallest absolute Gasteiger partial charge is 0.237 e. The number of carbonyl (C=O) groups is 1. The summed E-state index contributed by atoms with van der Waals surface area (Å²) in [5.41, 5.74) is 0.821. The quantitative estimate of drug-likeness (QED) is 0.875. The van der Waals surface area contributed by atoms with Crippen molar-refractivity contribution in [1.29, 1.82) is 0 Å². The monoisotopic (exact) mass is 369 g/mol. The molecule has 1 atom stereocenters. The summed E-state index contributed by atoms with van der Waals surface area (Å²) in [4.78, 5) is 16.8. The highest BCUT2D eigenvalue weighted by Crippen LogP contribution is 2.29. The molecule has 8 heteroatoms. The number of aromatic nitrogens is 4. The third kappa shape index (κ3) is 3.16. The van der Waals surface area contributed by atoms with Gasteiger partial charge >= 0.3 is 0 Å². The molecule has 8 nitrogen and oxygen atoms in total. The first-order valence-electron chi connectivity index (χ1n) is 10.3. The van der Waals surface area contributed by atoms with Gasteiger partial charge in [0.25, 0.3) is 0 Å². The van der Waals surface area contributed by atoms with Crippen LogP contribution < -0.4 is 10.2 Å². The average molecular weight is 369 g/mol.